The molecular formula is C73H62Br2Cl4F5N25O15. The maximum absolute atomic E-state index is 15.0. The van der Waals surface area contributed by atoms with Crippen molar-refractivity contribution in [2.75, 3.05) is 21.3 Å². The fourth-order valence-electron chi connectivity index (χ4n) is 11.5. The van der Waals surface area contributed by atoms with Gasteiger partial charge in [0.15, 0.2) is 68.2 Å². The van der Waals surface area contributed by atoms with Crippen LogP contribution in [0.1, 0.15) is 135 Å². The summed E-state index contributed by atoms with van der Waals surface area (Å²) in [7, 11) is 6.08. The van der Waals surface area contributed by atoms with E-state index in [1.807, 2.05) is 0 Å². The molecule has 51 heteroatoms. The number of hydrogen-bond donors (Lipinski definition) is 8. The molecule has 0 radical (unpaired) electrons. The largest absolute Gasteiger partial charge is 0.478 e. The number of rotatable bonds is 20. The van der Waals surface area contributed by atoms with Crippen LogP contribution in [0.3, 0.4) is 0 Å². The molecule has 0 aromatic carbocycles. The van der Waals surface area contributed by atoms with Crippen LogP contribution in [0.2, 0.25) is 20.6 Å². The molecule has 12 aromatic rings. The number of nitrogens with zero attached hydrogens (tertiary/aromatic N) is 20. The Kier molecular flexibility index (Phi) is 30.3. The quantitative estimate of drug-likeness (QED) is 0.0200. The molecule has 124 heavy (non-hydrogen) atoms. The van der Waals surface area contributed by atoms with Crippen LogP contribution in [0.25, 0.3) is 34.2 Å². The number of nitrogens with one attached hydrogen (secondary N) is 5. The zero-order valence-electron chi connectivity index (χ0n) is 64.8. The van der Waals surface area contributed by atoms with Gasteiger partial charge in [-0.15, -0.1) is 20.4 Å². The van der Waals surface area contributed by atoms with E-state index < -0.39 is 107 Å². The van der Waals surface area contributed by atoms with Crippen molar-refractivity contribution >= 4 is 150 Å². The van der Waals surface area contributed by atoms with Crippen molar-refractivity contribution in [3.8, 4) is 34.2 Å². The van der Waals surface area contributed by atoms with Crippen molar-refractivity contribution in [1.82, 2.24) is 105 Å². The van der Waals surface area contributed by atoms with Crippen molar-refractivity contribution in [2.45, 2.75) is 82.6 Å². The Balaban J connectivity index is 0.000000168. The third-order valence-corrected chi connectivity index (χ3v) is 19.9. The number of aromatic nitrogens is 20. The Morgan fingerprint density at radius 1 is 0.403 bits per heavy atom. The van der Waals surface area contributed by atoms with E-state index in [2.05, 4.69) is 140 Å². The van der Waals surface area contributed by atoms with Crippen LogP contribution in [-0.4, -0.2) is 175 Å². The Morgan fingerprint density at radius 2 is 0.677 bits per heavy atom. The van der Waals surface area contributed by atoms with E-state index in [0.717, 1.165) is 42.9 Å². The summed E-state index contributed by atoms with van der Waals surface area (Å²) in [5.41, 5.74) is -1.40. The van der Waals surface area contributed by atoms with Gasteiger partial charge >= 0.3 is 42.3 Å². The number of carbonyl (C=O) groups excluding carboxylic acids is 5. The van der Waals surface area contributed by atoms with Crippen LogP contribution >= 0.6 is 78.3 Å². The minimum atomic E-state index is -1.33. The van der Waals surface area contributed by atoms with Crippen LogP contribution in [0.5, 0.6) is 0 Å². The second-order valence-corrected chi connectivity index (χ2v) is 29.2. The van der Waals surface area contributed by atoms with Crippen molar-refractivity contribution in [2.24, 2.45) is 28.2 Å². The molecule has 15 rings (SSSR count). The predicted octanol–water partition coefficient (Wildman–Crippen LogP) is 14.5. The van der Waals surface area contributed by atoms with E-state index in [0.29, 0.717) is 37.8 Å². The van der Waals surface area contributed by atoms with E-state index in [1.54, 1.807) is 89.5 Å². The highest BCUT2D eigenvalue weighted by molar-refractivity contribution is 9.10. The van der Waals surface area contributed by atoms with Gasteiger partial charge in [0.05, 0.1) is 22.3 Å². The van der Waals surface area contributed by atoms with Gasteiger partial charge in [-0.05, 0) is 108 Å². The lowest BCUT2D eigenvalue weighted by Crippen LogP contribution is -2.76. The van der Waals surface area contributed by atoms with Crippen molar-refractivity contribution in [3.63, 3.8) is 0 Å². The number of anilines is 4. The maximum atomic E-state index is 15.0. The molecule has 0 unspecified atom stereocenters. The summed E-state index contributed by atoms with van der Waals surface area (Å²) in [5.74, 6) is -7.31. The zero-order chi connectivity index (χ0) is 90.3. The van der Waals surface area contributed by atoms with Gasteiger partial charge in [0.1, 0.15) is 72.4 Å². The Morgan fingerprint density at radius 3 is 0.952 bits per heavy atom. The number of aromatic carboxylic acids is 3. The van der Waals surface area contributed by atoms with Gasteiger partial charge in [-0.2, -0.15) is 0 Å². The molecule has 12 aromatic heterocycles. The number of alkyl halides is 1. The third-order valence-electron chi connectivity index (χ3n) is 17.5. The van der Waals surface area contributed by atoms with Crippen LogP contribution in [0, 0.1) is 23.3 Å². The molecule has 40 nitrogen and oxygen atoms in total. The third kappa shape index (κ3) is 23.0. The average Bonchev–Trinajstić information content (AvgIpc) is 0.830. The summed E-state index contributed by atoms with van der Waals surface area (Å²) in [6.07, 6.45) is 5.21. The number of aryl methyl sites for hydroxylation is 4. The Labute approximate surface area is 731 Å². The molecule has 3 fully saturated rings. The summed E-state index contributed by atoms with van der Waals surface area (Å²) in [6, 6.07) is 16.9. The van der Waals surface area contributed by atoms with Crippen LogP contribution in [0.4, 0.5) is 64.4 Å². The Hall–Kier alpha value is -13.5. The van der Waals surface area contributed by atoms with Crippen molar-refractivity contribution in [1.29, 1.82) is 0 Å². The number of halogens is 11. The molecule has 0 spiro atoms. The highest BCUT2D eigenvalue weighted by Gasteiger charge is 2.70. The lowest BCUT2D eigenvalue weighted by molar-refractivity contribution is -0.162. The number of hydrogen-bond acceptors (Lipinski definition) is 28. The molecular weight excluding hydrogens is 1860 g/mol. The normalized spacial score (nSPS) is 14.8. The summed E-state index contributed by atoms with van der Waals surface area (Å²) in [4.78, 5) is 124. The van der Waals surface area contributed by atoms with Gasteiger partial charge in [0.25, 0.3) is 5.91 Å². The van der Waals surface area contributed by atoms with Gasteiger partial charge < -0.3 is 39.6 Å². The van der Waals surface area contributed by atoms with Gasteiger partial charge in [0.2, 0.25) is 0 Å². The maximum Gasteiger partial charge on any atom is 0.413 e. The van der Waals surface area contributed by atoms with Crippen molar-refractivity contribution < 1.29 is 94.6 Å². The van der Waals surface area contributed by atoms with Gasteiger partial charge in [-0.3, -0.25) is 41.0 Å². The second-order valence-electron chi connectivity index (χ2n) is 26.3. The van der Waals surface area contributed by atoms with E-state index in [-0.39, 0.29) is 113 Å². The highest BCUT2D eigenvalue weighted by Crippen LogP contribution is 2.63. The molecule has 646 valence electrons. The van der Waals surface area contributed by atoms with E-state index in [9.17, 15) is 60.3 Å². The molecule has 3 saturated carbocycles. The summed E-state index contributed by atoms with van der Waals surface area (Å²) < 4.78 is 96.5. The minimum Gasteiger partial charge on any atom is -0.478 e. The molecule has 0 saturated heterocycles. The second kappa shape index (κ2) is 40.5. The fraction of sp³-hybridized carbons (Fsp3) is 0.233. The van der Waals surface area contributed by atoms with Gasteiger partial charge in [0, 0.05) is 125 Å². The first kappa shape index (κ1) is 92.8. The van der Waals surface area contributed by atoms with Crippen molar-refractivity contribution in [3.05, 3.63) is 220 Å². The number of pyridine rings is 8. The average molecular weight is 1930 g/mol. The standard InChI is InChI=1S/C22H20ClF2N7O3.2C17H14ClFN6O4.C11H11BrClN5O2.C6H3BrFNO2/c1-11(13-4-3-5-26-17(13)23)35-20(34)28-18-16(30-31-32(18)2)15-14(24)6-12(7-27-15)19(33)29-22-8-21(25,9-22)10-22;2*1-8(10-4-3-5-20-14(10)18)29-17(28)22-15-13(23-24-25(15)2)12-11(19)6-9(7-21-12)16(26)27;1-6(7-4-3-5-14-9(7)13)20-11(19)15-10-8(12)16-17-18(10)2;7-5-4(8)1-3(2-9-5)6(10)11/h3-7,11H,8-10H2,1-2H3,(H,28,34)(H,29,33);2*3-8H,1-2H3,(H,22,28)(H,26,27);3-6H,1-2H3,(H,15,19);1-2H,(H,10,11)/t11-,21?,22?;2*8-;6-;/m1111./s1. The highest BCUT2D eigenvalue weighted by atomic mass is 79.9. The molecule has 8 N–H and O–H groups in total. The van der Waals surface area contributed by atoms with E-state index in [1.165, 1.54) is 64.7 Å². The molecule has 12 heterocycles. The van der Waals surface area contributed by atoms with Gasteiger partial charge in [-0.25, -0.2) is 99.2 Å². The number of carbonyl (C=O) groups is 8. The number of carboxylic acids is 3. The fourth-order valence-corrected chi connectivity index (χ4v) is 13.2. The van der Waals surface area contributed by atoms with Crippen LogP contribution in [-0.2, 0) is 47.1 Å². The summed E-state index contributed by atoms with van der Waals surface area (Å²) in [5, 5.41) is 70.0. The first-order valence-electron chi connectivity index (χ1n) is 35.3. The smallest absolute Gasteiger partial charge is 0.413 e. The van der Waals surface area contributed by atoms with E-state index >= 15 is 0 Å². The van der Waals surface area contributed by atoms with E-state index in [4.69, 9.17) is 80.7 Å². The molecule has 0 aliphatic heterocycles. The van der Waals surface area contributed by atoms with Gasteiger partial charge in [-0.1, -0.05) is 91.5 Å². The molecule has 5 amide bonds. The molecule has 3 aliphatic rings. The number of amides is 5. The summed E-state index contributed by atoms with van der Waals surface area (Å²) in [6.45, 7) is 6.54. The first-order chi connectivity index (χ1) is 58.7. The lowest BCUT2D eigenvalue weighted by atomic mass is 9.47. The lowest BCUT2D eigenvalue weighted by Gasteiger charge is -2.65. The minimum absolute atomic E-state index is 0.00830. The SMILES string of the molecule is C[C@@H](OC(=O)Nc1c(-c2ncc(C(=O)NC34CC(F)(C3)C4)cc2F)nnn1C)c1cccnc1Cl.C[C@@H](OC(=O)Nc1c(-c2ncc(C(=O)O)cc2F)nnn1C)c1cccnc1Cl.C[C@@H](OC(=O)Nc1c(-c2ncc(C(=O)O)cc2F)nnn1C)c1cccnc1Cl.C[C@@H](OC(=O)Nc1c(Br)nnn1C)c1cccnc1Cl.O=C(O)c1cnc(Br)c(F)c1. The Bertz CT molecular complexity index is 5850. The zero-order valence-corrected chi connectivity index (χ0v) is 71.0. The first-order valence-corrected chi connectivity index (χ1v) is 38.4. The molecule has 4 atom stereocenters. The monoisotopic (exact) mass is 1920 g/mol. The molecule has 2 bridgehead atoms. The topological polar surface area (TPSA) is 520 Å². The van der Waals surface area contributed by atoms with Crippen LogP contribution in [0.15, 0.2) is 132 Å². The predicted molar refractivity (Wildman–Crippen MR) is 433 cm³/mol. The number of ether oxygens (including phenoxy) is 4. The van der Waals surface area contributed by atoms with Crippen LogP contribution < -0.4 is 26.6 Å². The molecule has 3 aliphatic carbocycles. The number of carboxylic acid groups (broad SMARTS) is 3. The summed E-state index contributed by atoms with van der Waals surface area (Å²) >= 11 is 29.9.